The van der Waals surface area contributed by atoms with Crippen LogP contribution in [0.2, 0.25) is 10.0 Å². The van der Waals surface area contributed by atoms with Crippen molar-refractivity contribution in [1.29, 1.82) is 0 Å². The topological polar surface area (TPSA) is 86.8 Å². The molecule has 196 valence electrons. The second-order valence-corrected chi connectivity index (χ2v) is 11.1. The van der Waals surface area contributed by atoms with E-state index in [9.17, 15) is 18.0 Å². The van der Waals surface area contributed by atoms with E-state index >= 15 is 0 Å². The van der Waals surface area contributed by atoms with Gasteiger partial charge in [0, 0.05) is 23.1 Å². The van der Waals surface area contributed by atoms with Crippen LogP contribution in [0, 0.1) is 0 Å². The summed E-state index contributed by atoms with van der Waals surface area (Å²) < 4.78 is 28.4. The molecule has 0 heterocycles. The number of amides is 2. The maximum atomic E-state index is 13.7. The van der Waals surface area contributed by atoms with Gasteiger partial charge in [-0.2, -0.15) is 0 Å². The summed E-state index contributed by atoms with van der Waals surface area (Å²) in [7, 11) is -4.17. The summed E-state index contributed by atoms with van der Waals surface area (Å²) >= 11 is 12.4. The van der Waals surface area contributed by atoms with E-state index in [1.807, 2.05) is 30.3 Å². The Bertz CT molecular complexity index is 1300. The Kier molecular flexibility index (Phi) is 9.97. The number of benzene rings is 3. The normalized spacial score (nSPS) is 12.0. The summed E-state index contributed by atoms with van der Waals surface area (Å²) in [6.45, 7) is 3.49. The number of hydrogen-bond donors (Lipinski definition) is 1. The Morgan fingerprint density at radius 1 is 0.919 bits per heavy atom. The number of sulfonamides is 1. The summed E-state index contributed by atoms with van der Waals surface area (Å²) in [5, 5.41) is 3.18. The van der Waals surface area contributed by atoms with E-state index in [2.05, 4.69) is 5.32 Å². The van der Waals surface area contributed by atoms with Gasteiger partial charge in [0.15, 0.2) is 0 Å². The lowest BCUT2D eigenvalue weighted by atomic mass is 10.1. The Labute approximate surface area is 228 Å². The highest BCUT2D eigenvalue weighted by Gasteiger charge is 2.32. The number of rotatable bonds is 11. The van der Waals surface area contributed by atoms with Gasteiger partial charge in [0.1, 0.15) is 12.6 Å². The van der Waals surface area contributed by atoms with Crippen LogP contribution in [0.4, 0.5) is 5.69 Å². The quantitative estimate of drug-likeness (QED) is 0.364. The monoisotopic (exact) mass is 561 g/mol. The first-order valence-corrected chi connectivity index (χ1v) is 14.0. The van der Waals surface area contributed by atoms with Crippen LogP contribution in [0.25, 0.3) is 0 Å². The number of likely N-dealkylation sites (N-methyl/N-ethyl adjacent to an activating group) is 1. The summed E-state index contributed by atoms with van der Waals surface area (Å²) in [6, 6.07) is 20.9. The molecule has 2 amide bonds. The number of hydrogen-bond acceptors (Lipinski definition) is 4. The van der Waals surface area contributed by atoms with E-state index in [0.29, 0.717) is 13.0 Å². The first kappa shape index (κ1) is 28.5. The zero-order chi connectivity index (χ0) is 27.0. The molecule has 3 aromatic carbocycles. The van der Waals surface area contributed by atoms with E-state index in [0.717, 1.165) is 9.87 Å². The zero-order valence-corrected chi connectivity index (χ0v) is 22.9. The Hall–Kier alpha value is -3.07. The predicted octanol–water partition coefficient (Wildman–Crippen LogP) is 4.78. The van der Waals surface area contributed by atoms with Gasteiger partial charge in [0.05, 0.1) is 10.6 Å². The van der Waals surface area contributed by atoms with Crippen LogP contribution in [0.3, 0.4) is 0 Å². The molecule has 37 heavy (non-hydrogen) atoms. The SMILES string of the molecule is CCNC(=O)[C@@H](C)N(CCc1ccccc1)C(=O)CN(c1cc(Cl)cc(Cl)c1)S(=O)(=O)c1ccccc1. The fourth-order valence-corrected chi connectivity index (χ4v) is 5.76. The highest BCUT2D eigenvalue weighted by atomic mass is 35.5. The third-order valence-electron chi connectivity index (χ3n) is 5.75. The largest absolute Gasteiger partial charge is 0.355 e. The Balaban J connectivity index is 1.99. The van der Waals surface area contributed by atoms with Crippen LogP contribution < -0.4 is 9.62 Å². The van der Waals surface area contributed by atoms with Gasteiger partial charge in [0.2, 0.25) is 11.8 Å². The molecule has 0 aliphatic rings. The number of nitrogens with zero attached hydrogens (tertiary/aromatic N) is 2. The first-order valence-electron chi connectivity index (χ1n) is 11.8. The minimum atomic E-state index is -4.17. The highest BCUT2D eigenvalue weighted by Crippen LogP contribution is 2.30. The van der Waals surface area contributed by atoms with Crippen molar-refractivity contribution < 1.29 is 18.0 Å². The molecule has 10 heteroatoms. The molecule has 0 aromatic heterocycles. The first-order chi connectivity index (χ1) is 17.6. The molecular weight excluding hydrogens is 533 g/mol. The van der Waals surface area contributed by atoms with Crippen LogP contribution in [-0.4, -0.2) is 50.8 Å². The molecule has 0 aliphatic heterocycles. The fourth-order valence-electron chi connectivity index (χ4n) is 3.82. The molecule has 1 N–H and O–H groups in total. The molecule has 0 saturated carbocycles. The highest BCUT2D eigenvalue weighted by molar-refractivity contribution is 7.92. The molecule has 3 aromatic rings. The molecule has 0 bridgehead atoms. The molecule has 7 nitrogen and oxygen atoms in total. The van der Waals surface area contributed by atoms with Gasteiger partial charge in [-0.15, -0.1) is 0 Å². The minimum absolute atomic E-state index is 0.00603. The molecular formula is C27H29Cl2N3O4S. The molecule has 0 fully saturated rings. The molecule has 0 unspecified atom stereocenters. The second-order valence-electron chi connectivity index (χ2n) is 8.35. The van der Waals surface area contributed by atoms with Crippen LogP contribution in [0.15, 0.2) is 83.8 Å². The average Bonchev–Trinajstić information content (AvgIpc) is 2.87. The van der Waals surface area contributed by atoms with Crippen LogP contribution in [-0.2, 0) is 26.0 Å². The maximum Gasteiger partial charge on any atom is 0.264 e. The fraction of sp³-hybridized carbons (Fsp3) is 0.259. The van der Waals surface area contributed by atoms with Crippen molar-refractivity contribution >= 4 is 50.7 Å². The summed E-state index contributed by atoms with van der Waals surface area (Å²) in [5.41, 5.74) is 1.13. The van der Waals surface area contributed by atoms with Crippen molar-refractivity contribution in [1.82, 2.24) is 10.2 Å². The third-order valence-corrected chi connectivity index (χ3v) is 7.97. The standard InChI is InChI=1S/C27H29Cl2N3O4S/c1-3-30-27(34)20(2)31(15-14-21-10-6-4-7-11-21)26(33)19-32(24-17-22(28)16-23(29)18-24)37(35,36)25-12-8-5-9-13-25/h4-13,16-18,20H,3,14-15,19H2,1-2H3,(H,30,34)/t20-/m1/s1. The molecule has 0 aliphatic carbocycles. The molecule has 0 saturated heterocycles. The summed E-state index contributed by atoms with van der Waals surface area (Å²) in [4.78, 5) is 27.8. The molecule has 0 radical (unpaired) electrons. The minimum Gasteiger partial charge on any atom is -0.355 e. The van der Waals surface area contributed by atoms with Crippen LogP contribution in [0.5, 0.6) is 0 Å². The number of halogens is 2. The average molecular weight is 563 g/mol. The zero-order valence-electron chi connectivity index (χ0n) is 20.6. The number of anilines is 1. The van der Waals surface area contributed by atoms with E-state index in [1.165, 1.54) is 35.2 Å². The van der Waals surface area contributed by atoms with Crippen LogP contribution in [0.1, 0.15) is 19.4 Å². The lowest BCUT2D eigenvalue weighted by Gasteiger charge is -2.32. The summed E-state index contributed by atoms with van der Waals surface area (Å²) in [6.07, 6.45) is 0.491. The lowest BCUT2D eigenvalue weighted by Crippen LogP contribution is -2.52. The van der Waals surface area contributed by atoms with Crippen molar-refractivity contribution in [2.45, 2.75) is 31.2 Å². The van der Waals surface area contributed by atoms with Crippen molar-refractivity contribution in [3.05, 3.63) is 94.5 Å². The van der Waals surface area contributed by atoms with Crippen molar-refractivity contribution in [2.75, 3.05) is 23.9 Å². The lowest BCUT2D eigenvalue weighted by molar-refractivity contribution is -0.138. The van der Waals surface area contributed by atoms with Crippen molar-refractivity contribution in [3.63, 3.8) is 0 Å². The van der Waals surface area contributed by atoms with Crippen LogP contribution >= 0.6 is 23.2 Å². The summed E-state index contributed by atoms with van der Waals surface area (Å²) in [5.74, 6) is -0.863. The van der Waals surface area contributed by atoms with Gasteiger partial charge in [-0.05, 0) is 56.2 Å². The van der Waals surface area contributed by atoms with Gasteiger partial charge in [-0.3, -0.25) is 13.9 Å². The van der Waals surface area contributed by atoms with Gasteiger partial charge >= 0.3 is 0 Å². The number of carbonyl (C=O) groups excluding carboxylic acids is 2. The Morgan fingerprint density at radius 2 is 1.49 bits per heavy atom. The van der Waals surface area contributed by atoms with Gasteiger partial charge in [0.25, 0.3) is 10.0 Å². The van der Waals surface area contributed by atoms with E-state index < -0.39 is 28.5 Å². The smallest absolute Gasteiger partial charge is 0.264 e. The van der Waals surface area contributed by atoms with Gasteiger partial charge in [-0.1, -0.05) is 71.7 Å². The maximum absolute atomic E-state index is 13.7. The molecule has 1 atom stereocenters. The second kappa shape index (κ2) is 12.9. The van der Waals surface area contributed by atoms with E-state index in [4.69, 9.17) is 23.2 Å². The van der Waals surface area contributed by atoms with Gasteiger partial charge in [-0.25, -0.2) is 8.42 Å². The van der Waals surface area contributed by atoms with Crippen molar-refractivity contribution in [2.24, 2.45) is 0 Å². The van der Waals surface area contributed by atoms with E-state index in [-0.39, 0.29) is 33.1 Å². The predicted molar refractivity (Wildman–Crippen MR) is 147 cm³/mol. The number of carbonyl (C=O) groups is 2. The molecule has 0 spiro atoms. The van der Waals surface area contributed by atoms with Gasteiger partial charge < -0.3 is 10.2 Å². The Morgan fingerprint density at radius 3 is 2.05 bits per heavy atom. The van der Waals surface area contributed by atoms with Crippen molar-refractivity contribution in [3.8, 4) is 0 Å². The third kappa shape index (κ3) is 7.47. The molecule has 3 rings (SSSR count). The number of nitrogens with one attached hydrogen (secondary N) is 1. The van der Waals surface area contributed by atoms with E-state index in [1.54, 1.807) is 32.0 Å².